The smallest absolute Gasteiger partial charge is 0.237 e. The van der Waals surface area contributed by atoms with Gasteiger partial charge in [-0.05, 0) is 25.7 Å². The van der Waals surface area contributed by atoms with Gasteiger partial charge in [-0.25, -0.2) is 0 Å². The van der Waals surface area contributed by atoms with Crippen molar-refractivity contribution in [2.75, 3.05) is 26.2 Å². The molecule has 1 rings (SSSR count). The Morgan fingerprint density at radius 1 is 1.47 bits per heavy atom. The Bertz CT molecular complexity index is 330. The SMILES string of the molecule is C#CC#CCN1CCN(C(C)C)CC1=O. The first-order valence-corrected chi connectivity index (χ1v) is 5.10. The van der Waals surface area contributed by atoms with E-state index in [-0.39, 0.29) is 5.91 Å². The molecule has 0 saturated carbocycles. The second kappa shape index (κ2) is 5.44. The number of terminal acetylenes is 1. The molecule has 1 saturated heterocycles. The Labute approximate surface area is 91.4 Å². The molecular weight excluding hydrogens is 188 g/mol. The van der Waals surface area contributed by atoms with Crippen molar-refractivity contribution in [3.63, 3.8) is 0 Å². The highest BCUT2D eigenvalue weighted by Gasteiger charge is 2.24. The van der Waals surface area contributed by atoms with Crippen molar-refractivity contribution in [3.8, 4) is 24.2 Å². The van der Waals surface area contributed by atoms with E-state index in [0.29, 0.717) is 19.1 Å². The van der Waals surface area contributed by atoms with E-state index in [1.165, 1.54) is 0 Å². The van der Waals surface area contributed by atoms with Gasteiger partial charge in [0.25, 0.3) is 0 Å². The maximum atomic E-state index is 11.7. The van der Waals surface area contributed by atoms with E-state index in [4.69, 9.17) is 6.42 Å². The van der Waals surface area contributed by atoms with Crippen LogP contribution in [0.3, 0.4) is 0 Å². The summed E-state index contributed by atoms with van der Waals surface area (Å²) in [5, 5.41) is 0. The fraction of sp³-hybridized carbons (Fsp3) is 0.583. The van der Waals surface area contributed by atoms with Crippen LogP contribution in [0, 0.1) is 24.2 Å². The molecule has 80 valence electrons. The molecule has 0 aliphatic carbocycles. The number of nitrogens with zero attached hydrogens (tertiary/aromatic N) is 2. The summed E-state index contributed by atoms with van der Waals surface area (Å²) in [4.78, 5) is 15.6. The molecule has 0 atom stereocenters. The number of hydrogen-bond donors (Lipinski definition) is 0. The zero-order chi connectivity index (χ0) is 11.3. The van der Waals surface area contributed by atoms with Crippen LogP contribution in [0.5, 0.6) is 0 Å². The van der Waals surface area contributed by atoms with Crippen molar-refractivity contribution in [3.05, 3.63) is 0 Å². The van der Waals surface area contributed by atoms with Crippen LogP contribution in [-0.2, 0) is 4.79 Å². The highest BCUT2D eigenvalue weighted by molar-refractivity contribution is 5.79. The molecule has 15 heavy (non-hydrogen) atoms. The molecule has 0 spiro atoms. The van der Waals surface area contributed by atoms with E-state index in [9.17, 15) is 4.79 Å². The Hall–Kier alpha value is -1.45. The van der Waals surface area contributed by atoms with E-state index >= 15 is 0 Å². The zero-order valence-corrected chi connectivity index (χ0v) is 9.29. The van der Waals surface area contributed by atoms with Crippen LogP contribution in [0.25, 0.3) is 0 Å². The number of carbonyl (C=O) groups excluding carboxylic acids is 1. The molecule has 3 nitrogen and oxygen atoms in total. The van der Waals surface area contributed by atoms with Crippen LogP contribution in [-0.4, -0.2) is 47.9 Å². The van der Waals surface area contributed by atoms with Gasteiger partial charge in [0.1, 0.15) is 0 Å². The molecule has 0 aromatic rings. The second-order valence-electron chi connectivity index (χ2n) is 3.83. The van der Waals surface area contributed by atoms with Gasteiger partial charge in [-0.1, -0.05) is 5.92 Å². The molecule has 0 aromatic carbocycles. The first-order chi connectivity index (χ1) is 7.15. The summed E-state index contributed by atoms with van der Waals surface area (Å²) in [5.41, 5.74) is 0. The molecule has 1 heterocycles. The van der Waals surface area contributed by atoms with Crippen LogP contribution in [0.1, 0.15) is 13.8 Å². The van der Waals surface area contributed by atoms with Crippen LogP contribution in [0.4, 0.5) is 0 Å². The van der Waals surface area contributed by atoms with Crippen molar-refractivity contribution < 1.29 is 4.79 Å². The lowest BCUT2D eigenvalue weighted by Crippen LogP contribution is -2.52. The van der Waals surface area contributed by atoms with Gasteiger partial charge in [-0.15, -0.1) is 6.42 Å². The minimum atomic E-state index is 0.140. The standard InChI is InChI=1S/C12H16N2O/c1-4-5-6-7-13-8-9-14(11(2)3)10-12(13)15/h1,11H,7-10H2,2-3H3. The van der Waals surface area contributed by atoms with Crippen LogP contribution >= 0.6 is 0 Å². The molecule has 3 heteroatoms. The first kappa shape index (κ1) is 11.6. The van der Waals surface area contributed by atoms with Crippen LogP contribution in [0.2, 0.25) is 0 Å². The molecule has 0 radical (unpaired) electrons. The number of amides is 1. The van der Waals surface area contributed by atoms with Gasteiger partial charge in [0.15, 0.2) is 0 Å². The predicted octanol–water partition coefficient (Wildman–Crippen LogP) is 0.176. The van der Waals surface area contributed by atoms with E-state index in [1.54, 1.807) is 4.90 Å². The topological polar surface area (TPSA) is 23.6 Å². The quantitative estimate of drug-likeness (QED) is 0.599. The van der Waals surface area contributed by atoms with Gasteiger partial charge in [0.2, 0.25) is 5.91 Å². The maximum absolute atomic E-state index is 11.7. The van der Waals surface area contributed by atoms with E-state index in [2.05, 4.69) is 36.5 Å². The maximum Gasteiger partial charge on any atom is 0.237 e. The Balaban J connectivity index is 2.47. The third-order valence-electron chi connectivity index (χ3n) is 2.51. The summed E-state index contributed by atoms with van der Waals surface area (Å²) in [6.07, 6.45) is 5.01. The minimum Gasteiger partial charge on any atom is -0.329 e. The number of piperazine rings is 1. The van der Waals surface area contributed by atoms with Gasteiger partial charge in [-0.2, -0.15) is 0 Å². The van der Waals surface area contributed by atoms with Gasteiger partial charge in [0, 0.05) is 19.1 Å². The number of carbonyl (C=O) groups is 1. The highest BCUT2D eigenvalue weighted by Crippen LogP contribution is 2.06. The third-order valence-corrected chi connectivity index (χ3v) is 2.51. The van der Waals surface area contributed by atoms with Crippen LogP contribution < -0.4 is 0 Å². The molecule has 1 amide bonds. The normalized spacial score (nSPS) is 17.2. The summed E-state index contributed by atoms with van der Waals surface area (Å²) in [6.45, 7) is 6.81. The fourth-order valence-electron chi connectivity index (χ4n) is 1.52. The molecule has 1 fully saturated rings. The fourth-order valence-corrected chi connectivity index (χ4v) is 1.52. The van der Waals surface area contributed by atoms with E-state index in [0.717, 1.165) is 13.1 Å². The zero-order valence-electron chi connectivity index (χ0n) is 9.29. The van der Waals surface area contributed by atoms with Crippen molar-refractivity contribution >= 4 is 5.91 Å². The average Bonchev–Trinajstić information content (AvgIpc) is 2.20. The first-order valence-electron chi connectivity index (χ1n) is 5.10. The molecule has 0 bridgehead atoms. The molecule has 0 N–H and O–H groups in total. The summed E-state index contributed by atoms with van der Waals surface area (Å²) >= 11 is 0. The summed E-state index contributed by atoms with van der Waals surface area (Å²) in [6, 6.07) is 0.424. The Morgan fingerprint density at radius 2 is 2.20 bits per heavy atom. The van der Waals surface area contributed by atoms with Gasteiger partial charge in [-0.3, -0.25) is 9.69 Å². The van der Waals surface area contributed by atoms with Crippen molar-refractivity contribution in [1.82, 2.24) is 9.80 Å². The molecule has 1 aliphatic rings. The van der Waals surface area contributed by atoms with E-state index < -0.39 is 0 Å². The minimum absolute atomic E-state index is 0.140. The number of hydrogen-bond acceptors (Lipinski definition) is 2. The summed E-state index contributed by atoms with van der Waals surface area (Å²) < 4.78 is 0. The van der Waals surface area contributed by atoms with Gasteiger partial charge >= 0.3 is 0 Å². The lowest BCUT2D eigenvalue weighted by atomic mass is 10.2. The molecule has 0 aromatic heterocycles. The van der Waals surface area contributed by atoms with Crippen molar-refractivity contribution in [1.29, 1.82) is 0 Å². The van der Waals surface area contributed by atoms with E-state index in [1.807, 2.05) is 0 Å². The van der Waals surface area contributed by atoms with Crippen molar-refractivity contribution in [2.24, 2.45) is 0 Å². The summed E-state index contributed by atoms with van der Waals surface area (Å²) in [7, 11) is 0. The van der Waals surface area contributed by atoms with Crippen molar-refractivity contribution in [2.45, 2.75) is 19.9 Å². The molecule has 1 aliphatic heterocycles. The largest absolute Gasteiger partial charge is 0.329 e. The molecule has 0 unspecified atom stereocenters. The molecular formula is C12H16N2O. The third kappa shape index (κ3) is 3.31. The van der Waals surface area contributed by atoms with Gasteiger partial charge < -0.3 is 4.90 Å². The second-order valence-corrected chi connectivity index (χ2v) is 3.83. The monoisotopic (exact) mass is 204 g/mol. The van der Waals surface area contributed by atoms with Crippen LogP contribution in [0.15, 0.2) is 0 Å². The lowest BCUT2D eigenvalue weighted by molar-refractivity contribution is -0.135. The average molecular weight is 204 g/mol. The lowest BCUT2D eigenvalue weighted by Gasteiger charge is -2.35. The Kier molecular flexibility index (Phi) is 4.21. The Morgan fingerprint density at radius 3 is 2.73 bits per heavy atom. The van der Waals surface area contributed by atoms with Gasteiger partial charge in [0.05, 0.1) is 13.1 Å². The number of rotatable bonds is 2. The highest BCUT2D eigenvalue weighted by atomic mass is 16.2. The summed E-state index contributed by atoms with van der Waals surface area (Å²) in [5.74, 6) is 7.68. The predicted molar refractivity (Wildman–Crippen MR) is 59.9 cm³/mol.